The number of anilines is 1. The van der Waals surface area contributed by atoms with Gasteiger partial charge in [0.1, 0.15) is 11.8 Å². The highest BCUT2D eigenvalue weighted by atomic mass is 16.5. The van der Waals surface area contributed by atoms with E-state index in [4.69, 9.17) is 4.74 Å². The van der Waals surface area contributed by atoms with Crippen LogP contribution in [0, 0.1) is 0 Å². The summed E-state index contributed by atoms with van der Waals surface area (Å²) in [6.07, 6.45) is -0.182. The number of methoxy groups -OCH3 is 2. The fourth-order valence-corrected chi connectivity index (χ4v) is 2.27. The van der Waals surface area contributed by atoms with Crippen LogP contribution in [0.3, 0.4) is 0 Å². The molecule has 8 nitrogen and oxygen atoms in total. The molecule has 0 spiro atoms. The van der Waals surface area contributed by atoms with Crippen LogP contribution in [0.25, 0.3) is 0 Å². The first-order valence-corrected chi connectivity index (χ1v) is 7.11. The summed E-state index contributed by atoms with van der Waals surface area (Å²) in [5, 5.41) is 5.34. The predicted molar refractivity (Wildman–Crippen MR) is 82.1 cm³/mol. The van der Waals surface area contributed by atoms with E-state index in [9.17, 15) is 14.4 Å². The number of benzene rings is 1. The van der Waals surface area contributed by atoms with E-state index < -0.39 is 18.0 Å². The summed E-state index contributed by atoms with van der Waals surface area (Å²) in [6, 6.07) is 5.48. The molecule has 1 heterocycles. The van der Waals surface area contributed by atoms with Gasteiger partial charge in [-0.3, -0.25) is 9.59 Å². The average Bonchev–Trinajstić information content (AvgIpc) is 2.57. The summed E-state index contributed by atoms with van der Waals surface area (Å²) in [4.78, 5) is 37.1. The molecule has 3 amide bonds. The largest absolute Gasteiger partial charge is 0.497 e. The molecule has 0 aromatic heterocycles. The quantitative estimate of drug-likeness (QED) is 0.791. The van der Waals surface area contributed by atoms with E-state index in [1.165, 1.54) is 12.0 Å². The standard InChI is InChI=1S/C15H19N3O5/c1-22-11-5-3-10(4-6-11)17-15(21)18-8-7-16-14(20)12(18)9-13(19)23-2/h3-6,12H,7-9H2,1-2H3,(H,16,20)(H,17,21). The summed E-state index contributed by atoms with van der Waals surface area (Å²) in [5.74, 6) is -0.246. The van der Waals surface area contributed by atoms with Gasteiger partial charge in [0.2, 0.25) is 5.91 Å². The summed E-state index contributed by atoms with van der Waals surface area (Å²) < 4.78 is 9.63. The first kappa shape index (κ1) is 16.6. The number of piperazine rings is 1. The molecule has 23 heavy (non-hydrogen) atoms. The minimum atomic E-state index is -0.880. The Kier molecular flexibility index (Phi) is 5.40. The Morgan fingerprint density at radius 2 is 2.00 bits per heavy atom. The van der Waals surface area contributed by atoms with Gasteiger partial charge < -0.3 is 25.0 Å². The summed E-state index contributed by atoms with van der Waals surface area (Å²) in [7, 11) is 2.79. The first-order valence-electron chi connectivity index (χ1n) is 7.11. The van der Waals surface area contributed by atoms with E-state index in [1.807, 2.05) is 0 Å². The maximum atomic E-state index is 12.4. The Labute approximate surface area is 133 Å². The monoisotopic (exact) mass is 321 g/mol. The van der Waals surface area contributed by atoms with Crippen LogP contribution in [0.1, 0.15) is 6.42 Å². The number of nitrogens with zero attached hydrogens (tertiary/aromatic N) is 1. The molecule has 2 rings (SSSR count). The Hall–Kier alpha value is -2.77. The van der Waals surface area contributed by atoms with Crippen molar-refractivity contribution in [1.82, 2.24) is 10.2 Å². The smallest absolute Gasteiger partial charge is 0.322 e. The zero-order valence-corrected chi connectivity index (χ0v) is 13.0. The van der Waals surface area contributed by atoms with Crippen LogP contribution in [-0.2, 0) is 14.3 Å². The highest BCUT2D eigenvalue weighted by molar-refractivity contribution is 5.96. The van der Waals surface area contributed by atoms with Crippen molar-refractivity contribution in [3.63, 3.8) is 0 Å². The number of carbonyl (C=O) groups excluding carboxylic acids is 3. The van der Waals surface area contributed by atoms with E-state index in [0.717, 1.165) is 0 Å². The number of esters is 1. The van der Waals surface area contributed by atoms with Crippen LogP contribution in [0.15, 0.2) is 24.3 Å². The molecule has 1 atom stereocenters. The number of rotatable bonds is 4. The highest BCUT2D eigenvalue weighted by Gasteiger charge is 2.35. The number of carbonyl (C=O) groups is 3. The van der Waals surface area contributed by atoms with Gasteiger partial charge in [-0.05, 0) is 24.3 Å². The average molecular weight is 321 g/mol. The van der Waals surface area contributed by atoms with Crippen molar-refractivity contribution >= 4 is 23.6 Å². The van der Waals surface area contributed by atoms with Gasteiger partial charge in [-0.15, -0.1) is 0 Å². The third-order valence-corrected chi connectivity index (χ3v) is 3.52. The van der Waals surface area contributed by atoms with Crippen molar-refractivity contribution in [2.24, 2.45) is 0 Å². The van der Waals surface area contributed by atoms with E-state index in [2.05, 4.69) is 15.4 Å². The first-order chi connectivity index (χ1) is 11.0. The summed E-state index contributed by atoms with van der Waals surface area (Å²) in [5.41, 5.74) is 0.568. The predicted octanol–water partition coefficient (Wildman–Crippen LogP) is 0.591. The molecular formula is C15H19N3O5. The van der Waals surface area contributed by atoms with E-state index in [-0.39, 0.29) is 12.3 Å². The molecule has 1 aliphatic heterocycles. The molecule has 0 saturated carbocycles. The lowest BCUT2D eigenvalue weighted by atomic mass is 10.1. The summed E-state index contributed by atoms with van der Waals surface area (Å²) >= 11 is 0. The molecule has 1 unspecified atom stereocenters. The molecule has 1 fully saturated rings. The van der Waals surface area contributed by atoms with Gasteiger partial charge in [0.25, 0.3) is 0 Å². The lowest BCUT2D eigenvalue weighted by Gasteiger charge is -2.34. The molecule has 0 radical (unpaired) electrons. The Morgan fingerprint density at radius 1 is 1.30 bits per heavy atom. The highest BCUT2D eigenvalue weighted by Crippen LogP contribution is 2.17. The van der Waals surface area contributed by atoms with Crippen molar-refractivity contribution in [2.45, 2.75) is 12.5 Å². The lowest BCUT2D eigenvalue weighted by molar-refractivity contribution is -0.145. The Balaban J connectivity index is 2.07. The van der Waals surface area contributed by atoms with Crippen molar-refractivity contribution < 1.29 is 23.9 Å². The van der Waals surface area contributed by atoms with Crippen LogP contribution in [-0.4, -0.2) is 56.2 Å². The van der Waals surface area contributed by atoms with Gasteiger partial charge in [-0.25, -0.2) is 4.79 Å². The van der Waals surface area contributed by atoms with Crippen LogP contribution >= 0.6 is 0 Å². The second kappa shape index (κ2) is 7.48. The maximum absolute atomic E-state index is 12.4. The fraction of sp³-hybridized carbons (Fsp3) is 0.400. The summed E-state index contributed by atoms with van der Waals surface area (Å²) in [6.45, 7) is 0.655. The van der Waals surface area contributed by atoms with Crippen molar-refractivity contribution in [1.29, 1.82) is 0 Å². The van der Waals surface area contributed by atoms with Gasteiger partial charge in [0.15, 0.2) is 0 Å². The second-order valence-electron chi connectivity index (χ2n) is 4.94. The molecule has 0 bridgehead atoms. The van der Waals surface area contributed by atoms with Gasteiger partial charge in [-0.1, -0.05) is 0 Å². The molecule has 1 aliphatic rings. The molecule has 0 aliphatic carbocycles. The number of nitrogens with one attached hydrogen (secondary N) is 2. The Bertz CT molecular complexity index is 587. The number of ether oxygens (including phenoxy) is 2. The third kappa shape index (κ3) is 4.12. The van der Waals surface area contributed by atoms with Gasteiger partial charge in [0, 0.05) is 18.8 Å². The number of urea groups is 1. The number of hydrogen-bond acceptors (Lipinski definition) is 5. The second-order valence-corrected chi connectivity index (χ2v) is 4.94. The van der Waals surface area contributed by atoms with Gasteiger partial charge >= 0.3 is 12.0 Å². The SMILES string of the molecule is COC(=O)CC1C(=O)NCCN1C(=O)Nc1ccc(OC)cc1. The van der Waals surface area contributed by atoms with Crippen molar-refractivity contribution in [3.05, 3.63) is 24.3 Å². The van der Waals surface area contributed by atoms with Crippen LogP contribution in [0.5, 0.6) is 5.75 Å². The normalized spacial score (nSPS) is 17.2. The number of hydrogen-bond donors (Lipinski definition) is 2. The van der Waals surface area contributed by atoms with Crippen LogP contribution in [0.4, 0.5) is 10.5 Å². The van der Waals surface area contributed by atoms with E-state index in [1.54, 1.807) is 31.4 Å². The van der Waals surface area contributed by atoms with Crippen LogP contribution < -0.4 is 15.4 Å². The zero-order valence-electron chi connectivity index (χ0n) is 13.0. The van der Waals surface area contributed by atoms with Crippen LogP contribution in [0.2, 0.25) is 0 Å². The molecule has 124 valence electrons. The zero-order chi connectivity index (χ0) is 16.8. The molecule has 1 aromatic rings. The molecule has 1 saturated heterocycles. The lowest BCUT2D eigenvalue weighted by Crippen LogP contribution is -2.58. The van der Waals surface area contributed by atoms with E-state index >= 15 is 0 Å². The minimum Gasteiger partial charge on any atom is -0.497 e. The van der Waals surface area contributed by atoms with Crippen molar-refractivity contribution in [3.8, 4) is 5.75 Å². The molecular weight excluding hydrogens is 302 g/mol. The molecule has 2 N–H and O–H groups in total. The number of amides is 3. The molecule has 1 aromatic carbocycles. The van der Waals surface area contributed by atoms with Crippen molar-refractivity contribution in [2.75, 3.05) is 32.6 Å². The Morgan fingerprint density at radius 3 is 2.61 bits per heavy atom. The molecule has 8 heteroatoms. The minimum absolute atomic E-state index is 0.182. The maximum Gasteiger partial charge on any atom is 0.322 e. The van der Waals surface area contributed by atoms with Gasteiger partial charge in [-0.2, -0.15) is 0 Å². The topological polar surface area (TPSA) is 97.0 Å². The fourth-order valence-electron chi connectivity index (χ4n) is 2.27. The van der Waals surface area contributed by atoms with Gasteiger partial charge in [0.05, 0.1) is 20.6 Å². The van der Waals surface area contributed by atoms with E-state index in [0.29, 0.717) is 24.5 Å². The third-order valence-electron chi connectivity index (χ3n) is 3.52.